The fourth-order valence-electron chi connectivity index (χ4n) is 3.64. The number of carbonyl (C=O) groups excluding carboxylic acids is 1. The Hall–Kier alpha value is -4.00. The van der Waals surface area contributed by atoms with E-state index in [0.29, 0.717) is 0 Å². The number of rotatable bonds is 4. The highest BCUT2D eigenvalue weighted by molar-refractivity contribution is 5.98. The summed E-state index contributed by atoms with van der Waals surface area (Å²) >= 11 is 0. The van der Waals surface area contributed by atoms with E-state index >= 15 is 0 Å². The lowest BCUT2D eigenvalue weighted by molar-refractivity contribution is 0.0690. The molecule has 3 aromatic rings. The zero-order valence-corrected chi connectivity index (χ0v) is 15.1. The van der Waals surface area contributed by atoms with Crippen LogP contribution in [-0.4, -0.2) is 34.0 Å². The van der Waals surface area contributed by atoms with E-state index in [0.717, 1.165) is 28.3 Å². The minimum atomic E-state index is -1.52. The van der Waals surface area contributed by atoms with Gasteiger partial charge in [-0.25, -0.2) is 9.59 Å². The van der Waals surface area contributed by atoms with Gasteiger partial charge in [0.2, 0.25) is 0 Å². The summed E-state index contributed by atoms with van der Waals surface area (Å²) in [6.45, 7) is 0.0739. The fourth-order valence-corrected chi connectivity index (χ4v) is 3.64. The third-order valence-corrected chi connectivity index (χ3v) is 4.95. The number of phenols is 2. The number of benzene rings is 3. The van der Waals surface area contributed by atoms with E-state index in [4.69, 9.17) is 9.84 Å². The lowest BCUT2D eigenvalue weighted by Gasteiger charge is -2.15. The van der Waals surface area contributed by atoms with E-state index in [1.807, 2.05) is 48.5 Å². The van der Waals surface area contributed by atoms with Crippen molar-refractivity contribution in [1.29, 1.82) is 0 Å². The predicted octanol–water partition coefficient (Wildman–Crippen LogP) is 4.16. The zero-order chi connectivity index (χ0) is 20.5. The number of ether oxygens (including phenoxy) is 1. The maximum atomic E-state index is 12.3. The number of anilines is 1. The number of fused-ring (bicyclic) bond motifs is 3. The second-order valence-electron chi connectivity index (χ2n) is 6.61. The summed E-state index contributed by atoms with van der Waals surface area (Å²) in [5.74, 6) is -2.99. The van der Waals surface area contributed by atoms with Gasteiger partial charge in [-0.2, -0.15) is 0 Å². The number of aromatic hydroxyl groups is 2. The summed E-state index contributed by atoms with van der Waals surface area (Å²) in [7, 11) is 0. The van der Waals surface area contributed by atoms with Gasteiger partial charge in [-0.1, -0.05) is 48.5 Å². The van der Waals surface area contributed by atoms with Crippen LogP contribution < -0.4 is 5.32 Å². The molecular formula is C22H17NO6. The van der Waals surface area contributed by atoms with Crippen molar-refractivity contribution in [3.05, 3.63) is 77.4 Å². The van der Waals surface area contributed by atoms with Crippen molar-refractivity contribution in [2.75, 3.05) is 11.9 Å². The van der Waals surface area contributed by atoms with Crippen LogP contribution in [-0.2, 0) is 4.74 Å². The highest BCUT2D eigenvalue weighted by Crippen LogP contribution is 2.44. The molecule has 146 valence electrons. The first kappa shape index (κ1) is 18.4. The molecule has 4 N–H and O–H groups in total. The first-order valence-electron chi connectivity index (χ1n) is 8.87. The van der Waals surface area contributed by atoms with Gasteiger partial charge in [0.1, 0.15) is 17.9 Å². The van der Waals surface area contributed by atoms with Gasteiger partial charge in [0.05, 0.1) is 5.69 Å². The summed E-state index contributed by atoms with van der Waals surface area (Å²) in [5, 5.41) is 31.0. The third-order valence-electron chi connectivity index (χ3n) is 4.95. The van der Waals surface area contributed by atoms with Gasteiger partial charge in [-0.15, -0.1) is 0 Å². The molecule has 0 fully saturated rings. The minimum absolute atomic E-state index is 0.0739. The summed E-state index contributed by atoms with van der Waals surface area (Å²) in [5.41, 5.74) is 3.45. The second-order valence-corrected chi connectivity index (χ2v) is 6.61. The van der Waals surface area contributed by atoms with Crippen LogP contribution in [0.4, 0.5) is 10.5 Å². The molecule has 1 aliphatic rings. The molecule has 0 unspecified atom stereocenters. The van der Waals surface area contributed by atoms with E-state index in [2.05, 4.69) is 5.32 Å². The van der Waals surface area contributed by atoms with Gasteiger partial charge in [0.25, 0.3) is 0 Å². The largest absolute Gasteiger partial charge is 0.507 e. The first-order valence-corrected chi connectivity index (χ1v) is 8.87. The molecule has 0 aliphatic heterocycles. The highest BCUT2D eigenvalue weighted by Gasteiger charge is 2.29. The molecule has 0 aromatic heterocycles. The van der Waals surface area contributed by atoms with Crippen LogP contribution in [0.15, 0.2) is 60.7 Å². The Morgan fingerprint density at radius 2 is 1.48 bits per heavy atom. The fraction of sp³-hybridized carbons (Fsp3) is 0.0909. The molecule has 0 bridgehead atoms. The molecule has 4 rings (SSSR count). The summed E-state index contributed by atoms with van der Waals surface area (Å²) in [6, 6.07) is 18.1. The van der Waals surface area contributed by atoms with Crippen molar-refractivity contribution in [2.45, 2.75) is 5.92 Å². The van der Waals surface area contributed by atoms with E-state index < -0.39 is 29.1 Å². The number of hydrogen-bond acceptors (Lipinski definition) is 5. The molecule has 0 spiro atoms. The van der Waals surface area contributed by atoms with Gasteiger partial charge < -0.3 is 20.1 Å². The summed E-state index contributed by atoms with van der Waals surface area (Å²) in [6.07, 6.45) is -0.843. The monoisotopic (exact) mass is 391 g/mol. The lowest BCUT2D eigenvalue weighted by Crippen LogP contribution is -2.18. The Balaban J connectivity index is 1.52. The van der Waals surface area contributed by atoms with Crippen LogP contribution in [0, 0.1) is 0 Å². The van der Waals surface area contributed by atoms with Crippen LogP contribution in [0.25, 0.3) is 11.1 Å². The lowest BCUT2D eigenvalue weighted by atomic mass is 9.98. The molecule has 0 saturated carbocycles. The number of amides is 1. The number of carboxylic acid groups (broad SMARTS) is 1. The predicted molar refractivity (Wildman–Crippen MR) is 105 cm³/mol. The minimum Gasteiger partial charge on any atom is -0.507 e. The van der Waals surface area contributed by atoms with Crippen LogP contribution in [0.3, 0.4) is 0 Å². The Bertz CT molecular complexity index is 1080. The maximum Gasteiger partial charge on any atom is 0.411 e. The second kappa shape index (κ2) is 7.20. The first-order chi connectivity index (χ1) is 14.0. The van der Waals surface area contributed by atoms with E-state index in [-0.39, 0.29) is 18.2 Å². The molecule has 0 saturated heterocycles. The smallest absolute Gasteiger partial charge is 0.411 e. The molecule has 0 atom stereocenters. The Morgan fingerprint density at radius 1 is 0.897 bits per heavy atom. The average molecular weight is 391 g/mol. The normalized spacial score (nSPS) is 12.1. The van der Waals surface area contributed by atoms with Gasteiger partial charge >= 0.3 is 12.1 Å². The van der Waals surface area contributed by atoms with Gasteiger partial charge in [-0.05, 0) is 34.4 Å². The molecule has 0 radical (unpaired) electrons. The Labute approximate surface area is 165 Å². The molecule has 7 heteroatoms. The van der Waals surface area contributed by atoms with Crippen molar-refractivity contribution in [2.24, 2.45) is 0 Å². The highest BCUT2D eigenvalue weighted by atomic mass is 16.5. The average Bonchev–Trinajstić information content (AvgIpc) is 3.02. The topological polar surface area (TPSA) is 116 Å². The van der Waals surface area contributed by atoms with Crippen LogP contribution in [0.2, 0.25) is 0 Å². The maximum absolute atomic E-state index is 12.3. The third kappa shape index (κ3) is 3.23. The number of hydrogen-bond donors (Lipinski definition) is 4. The van der Waals surface area contributed by atoms with Crippen molar-refractivity contribution >= 4 is 17.7 Å². The molecule has 1 amide bonds. The van der Waals surface area contributed by atoms with Crippen molar-refractivity contribution in [3.8, 4) is 22.6 Å². The molecule has 29 heavy (non-hydrogen) atoms. The summed E-state index contributed by atoms with van der Waals surface area (Å²) < 4.78 is 5.36. The number of nitrogens with one attached hydrogen (secondary N) is 1. The number of carbonyl (C=O) groups is 2. The van der Waals surface area contributed by atoms with Gasteiger partial charge in [0.15, 0.2) is 5.75 Å². The van der Waals surface area contributed by atoms with Gasteiger partial charge in [-0.3, -0.25) is 5.32 Å². The standard InChI is InChI=1S/C22H17NO6/c24-18-10-9-17(20(25)19(18)21(26)27)23-22(28)29-11-16-14-7-3-1-5-12(14)13-6-2-4-8-15(13)16/h1-10,16,24-25H,11H2,(H,23,28)(H,26,27). The van der Waals surface area contributed by atoms with Crippen molar-refractivity contribution in [1.82, 2.24) is 0 Å². The van der Waals surface area contributed by atoms with Crippen LogP contribution in [0.5, 0.6) is 11.5 Å². The molecule has 7 nitrogen and oxygen atoms in total. The Kier molecular flexibility index (Phi) is 4.56. The number of carboxylic acids is 1. The van der Waals surface area contributed by atoms with E-state index in [1.54, 1.807) is 0 Å². The molecule has 3 aromatic carbocycles. The summed E-state index contributed by atoms with van der Waals surface area (Å²) in [4.78, 5) is 23.4. The SMILES string of the molecule is O=C(Nc1ccc(O)c(C(=O)O)c1O)OCC1c2ccccc2-c2ccccc21. The Morgan fingerprint density at radius 3 is 2.07 bits per heavy atom. The van der Waals surface area contributed by atoms with Crippen molar-refractivity contribution in [3.63, 3.8) is 0 Å². The van der Waals surface area contributed by atoms with E-state index in [9.17, 15) is 19.8 Å². The quantitative estimate of drug-likeness (QED) is 0.392. The zero-order valence-electron chi connectivity index (χ0n) is 15.1. The van der Waals surface area contributed by atoms with Gasteiger partial charge in [0, 0.05) is 5.92 Å². The molecule has 1 aliphatic carbocycles. The molecular weight excluding hydrogens is 374 g/mol. The molecule has 0 heterocycles. The van der Waals surface area contributed by atoms with Crippen LogP contribution >= 0.6 is 0 Å². The number of aromatic carboxylic acids is 1. The van der Waals surface area contributed by atoms with E-state index in [1.165, 1.54) is 6.07 Å². The van der Waals surface area contributed by atoms with Crippen LogP contribution in [0.1, 0.15) is 27.4 Å². The van der Waals surface area contributed by atoms with Crippen molar-refractivity contribution < 1.29 is 29.6 Å².